The summed E-state index contributed by atoms with van der Waals surface area (Å²) in [6.07, 6.45) is 0. The normalized spacial score (nSPS) is 11.8. The molecule has 0 bridgehead atoms. The summed E-state index contributed by atoms with van der Waals surface area (Å²) in [4.78, 5) is 13.4. The van der Waals surface area contributed by atoms with Crippen LogP contribution >= 0.6 is 11.8 Å². The van der Waals surface area contributed by atoms with Crippen LogP contribution in [0.15, 0.2) is 5.11 Å². The Morgan fingerprint density at radius 1 is 1.90 bits per heavy atom. The van der Waals surface area contributed by atoms with E-state index in [0.717, 1.165) is 5.75 Å². The van der Waals surface area contributed by atoms with Crippen LogP contribution in [0.25, 0.3) is 10.4 Å². The monoisotopic (exact) mass is 159 g/mol. The average Bonchev–Trinajstić information content (AvgIpc) is 1.89. The predicted molar refractivity (Wildman–Crippen MR) is 41.7 cm³/mol. The lowest BCUT2D eigenvalue weighted by Crippen LogP contribution is -2.09. The number of nitrogens with zero attached hydrogens (tertiary/aromatic N) is 3. The lowest BCUT2D eigenvalue weighted by atomic mass is 10.4. The fourth-order valence-corrected chi connectivity index (χ4v) is 0.960. The second kappa shape index (κ2) is 5.14. The summed E-state index contributed by atoms with van der Waals surface area (Å²) in [5, 5.41) is 3.18. The third kappa shape index (κ3) is 3.37. The van der Waals surface area contributed by atoms with E-state index < -0.39 is 6.04 Å². The molecule has 0 N–H and O–H groups in total. The summed E-state index contributed by atoms with van der Waals surface area (Å²) >= 11 is 1.18. The van der Waals surface area contributed by atoms with Crippen molar-refractivity contribution >= 4 is 16.9 Å². The number of azide groups is 1. The molecule has 0 radical (unpaired) electrons. The molecule has 0 aliphatic heterocycles. The minimum absolute atomic E-state index is 0.0692. The van der Waals surface area contributed by atoms with Crippen molar-refractivity contribution in [2.75, 3.05) is 5.75 Å². The van der Waals surface area contributed by atoms with E-state index in [2.05, 4.69) is 10.0 Å². The van der Waals surface area contributed by atoms with Crippen molar-refractivity contribution in [3.8, 4) is 0 Å². The number of hydrogen-bond donors (Lipinski definition) is 0. The Hall–Kier alpha value is -0.670. The molecule has 1 atom stereocenters. The fraction of sp³-hybridized carbons (Fsp3) is 0.800. The second-order valence-corrected chi connectivity index (χ2v) is 2.90. The van der Waals surface area contributed by atoms with E-state index in [4.69, 9.17) is 5.53 Å². The summed E-state index contributed by atoms with van der Waals surface area (Å²) in [5.74, 6) is 0.726. The van der Waals surface area contributed by atoms with Gasteiger partial charge in [0, 0.05) is 4.91 Å². The first-order valence-corrected chi connectivity index (χ1v) is 3.91. The molecule has 4 nitrogen and oxygen atoms in total. The van der Waals surface area contributed by atoms with Crippen molar-refractivity contribution in [2.24, 2.45) is 5.11 Å². The molecule has 0 spiro atoms. The topological polar surface area (TPSA) is 65.8 Å². The van der Waals surface area contributed by atoms with E-state index >= 15 is 0 Å². The van der Waals surface area contributed by atoms with Crippen LogP contribution in [0, 0.1) is 0 Å². The number of hydrogen-bond acceptors (Lipinski definition) is 3. The van der Waals surface area contributed by atoms with Crippen LogP contribution in [-0.4, -0.2) is 16.9 Å². The highest BCUT2D eigenvalue weighted by Gasteiger charge is 2.08. The minimum Gasteiger partial charge on any atom is -0.287 e. The zero-order valence-corrected chi connectivity index (χ0v) is 6.76. The van der Waals surface area contributed by atoms with Crippen molar-refractivity contribution in [3.63, 3.8) is 0 Å². The standard InChI is InChI=1S/C5H9N3OS/c1-3-10-5(9)4(2)7-8-6/h4H,3H2,1-2H3. The molecule has 56 valence electrons. The van der Waals surface area contributed by atoms with E-state index in [-0.39, 0.29) is 5.12 Å². The Morgan fingerprint density at radius 3 is 2.90 bits per heavy atom. The molecule has 0 saturated carbocycles. The molecular weight excluding hydrogens is 150 g/mol. The first kappa shape index (κ1) is 9.33. The fourth-order valence-electron chi connectivity index (χ4n) is 0.387. The van der Waals surface area contributed by atoms with Gasteiger partial charge in [-0.3, -0.25) is 4.79 Å². The molecular formula is C5H9N3OS. The van der Waals surface area contributed by atoms with Crippen LogP contribution in [0.5, 0.6) is 0 Å². The first-order chi connectivity index (χ1) is 4.72. The molecule has 10 heavy (non-hydrogen) atoms. The van der Waals surface area contributed by atoms with Crippen LogP contribution in [0.4, 0.5) is 0 Å². The number of thioether (sulfide) groups is 1. The molecule has 0 rings (SSSR count). The van der Waals surface area contributed by atoms with Crippen LogP contribution in [0.1, 0.15) is 13.8 Å². The van der Waals surface area contributed by atoms with Gasteiger partial charge in [0.05, 0.1) is 0 Å². The average molecular weight is 159 g/mol. The molecule has 0 saturated heterocycles. The van der Waals surface area contributed by atoms with Gasteiger partial charge in [0.1, 0.15) is 6.04 Å². The number of carbonyl (C=O) groups is 1. The van der Waals surface area contributed by atoms with Gasteiger partial charge < -0.3 is 0 Å². The van der Waals surface area contributed by atoms with E-state index in [0.29, 0.717) is 0 Å². The smallest absolute Gasteiger partial charge is 0.197 e. The van der Waals surface area contributed by atoms with E-state index in [1.165, 1.54) is 11.8 Å². The molecule has 1 unspecified atom stereocenters. The minimum atomic E-state index is -0.532. The highest BCUT2D eigenvalue weighted by atomic mass is 32.2. The zero-order valence-electron chi connectivity index (χ0n) is 5.94. The summed E-state index contributed by atoms with van der Waals surface area (Å²) in [5.41, 5.74) is 7.95. The molecule has 0 heterocycles. The maximum Gasteiger partial charge on any atom is 0.197 e. The van der Waals surface area contributed by atoms with Crippen LogP contribution in [0.3, 0.4) is 0 Å². The first-order valence-electron chi connectivity index (χ1n) is 2.93. The van der Waals surface area contributed by atoms with Gasteiger partial charge in [0.25, 0.3) is 0 Å². The number of carbonyl (C=O) groups excluding carboxylic acids is 1. The third-order valence-electron chi connectivity index (χ3n) is 0.853. The predicted octanol–water partition coefficient (Wildman–Crippen LogP) is 1.96. The third-order valence-corrected chi connectivity index (χ3v) is 1.77. The van der Waals surface area contributed by atoms with Crippen molar-refractivity contribution in [1.82, 2.24) is 0 Å². The quantitative estimate of drug-likeness (QED) is 0.359. The van der Waals surface area contributed by atoms with Crippen LogP contribution in [0.2, 0.25) is 0 Å². The van der Waals surface area contributed by atoms with Gasteiger partial charge in [-0.1, -0.05) is 23.8 Å². The molecule has 0 aromatic heterocycles. The maximum absolute atomic E-state index is 10.8. The van der Waals surface area contributed by atoms with Crippen molar-refractivity contribution in [1.29, 1.82) is 0 Å². The summed E-state index contributed by atoms with van der Waals surface area (Å²) < 4.78 is 0. The molecule has 0 aliphatic carbocycles. The Labute approximate surface area is 63.6 Å². The van der Waals surface area contributed by atoms with Crippen molar-refractivity contribution in [2.45, 2.75) is 19.9 Å². The second-order valence-electron chi connectivity index (χ2n) is 1.63. The lowest BCUT2D eigenvalue weighted by molar-refractivity contribution is -0.111. The maximum atomic E-state index is 10.8. The SMILES string of the molecule is CCSC(=O)C(C)N=[N+]=[N-]. The van der Waals surface area contributed by atoms with Gasteiger partial charge >= 0.3 is 0 Å². The van der Waals surface area contributed by atoms with Gasteiger partial charge in [0.15, 0.2) is 5.12 Å². The summed E-state index contributed by atoms with van der Waals surface area (Å²) in [6.45, 7) is 3.47. The Morgan fingerprint density at radius 2 is 2.50 bits per heavy atom. The van der Waals surface area contributed by atoms with Crippen molar-refractivity contribution < 1.29 is 4.79 Å². The van der Waals surface area contributed by atoms with Crippen molar-refractivity contribution in [3.05, 3.63) is 10.4 Å². The van der Waals surface area contributed by atoms with Crippen LogP contribution < -0.4 is 0 Å². The van der Waals surface area contributed by atoms with Gasteiger partial charge in [-0.2, -0.15) is 0 Å². The van der Waals surface area contributed by atoms with E-state index in [9.17, 15) is 4.79 Å². The van der Waals surface area contributed by atoms with Gasteiger partial charge in [-0.25, -0.2) is 0 Å². The Bertz CT molecular complexity index is 164. The Kier molecular flexibility index (Phi) is 4.80. The summed E-state index contributed by atoms with van der Waals surface area (Å²) in [6, 6.07) is -0.532. The van der Waals surface area contributed by atoms with E-state index in [1.54, 1.807) is 6.92 Å². The Balaban J connectivity index is 3.81. The highest BCUT2D eigenvalue weighted by molar-refractivity contribution is 8.13. The van der Waals surface area contributed by atoms with E-state index in [1.807, 2.05) is 6.92 Å². The van der Waals surface area contributed by atoms with Gasteiger partial charge in [-0.15, -0.1) is 0 Å². The molecule has 0 fully saturated rings. The van der Waals surface area contributed by atoms with Gasteiger partial charge in [-0.05, 0) is 18.2 Å². The van der Waals surface area contributed by atoms with Gasteiger partial charge in [0.2, 0.25) is 0 Å². The molecule has 0 amide bonds. The zero-order chi connectivity index (χ0) is 7.98. The molecule has 0 aromatic carbocycles. The molecule has 0 aromatic rings. The lowest BCUT2D eigenvalue weighted by Gasteiger charge is -1.98. The molecule has 0 aliphatic rings. The number of rotatable bonds is 3. The molecule has 5 heteroatoms. The van der Waals surface area contributed by atoms with Crippen LogP contribution in [-0.2, 0) is 4.79 Å². The largest absolute Gasteiger partial charge is 0.287 e. The summed E-state index contributed by atoms with van der Waals surface area (Å²) in [7, 11) is 0. The highest BCUT2D eigenvalue weighted by Crippen LogP contribution is 2.06.